The molecule has 0 atom stereocenters. The normalized spacial score (nSPS) is 14.0. The minimum Gasteiger partial charge on any atom is -0.455 e. The fourth-order valence-corrected chi connectivity index (χ4v) is 7.24. The van der Waals surface area contributed by atoms with Crippen LogP contribution in [-0.2, 0) is 5.41 Å². The molecule has 2 aliphatic carbocycles. The van der Waals surface area contributed by atoms with Gasteiger partial charge in [-0.05, 0) is 62.2 Å². The molecule has 1 nitrogen and oxygen atoms in total. The number of rotatable bonds is 1. The zero-order valence-electron chi connectivity index (χ0n) is 20.6. The third-order valence-corrected chi connectivity index (χ3v) is 8.71. The summed E-state index contributed by atoms with van der Waals surface area (Å²) in [7, 11) is 0. The first-order valence-electron chi connectivity index (χ1n) is 13.2. The Morgan fingerprint density at radius 2 is 0.921 bits per heavy atom. The summed E-state index contributed by atoms with van der Waals surface area (Å²) < 4.78 is 6.41. The van der Waals surface area contributed by atoms with Crippen LogP contribution >= 0.6 is 0 Å². The van der Waals surface area contributed by atoms with E-state index in [4.69, 9.17) is 4.42 Å². The van der Waals surface area contributed by atoms with Gasteiger partial charge in [0.25, 0.3) is 0 Å². The van der Waals surface area contributed by atoms with Gasteiger partial charge in [-0.1, -0.05) is 121 Å². The van der Waals surface area contributed by atoms with Gasteiger partial charge in [0.2, 0.25) is 0 Å². The Morgan fingerprint density at radius 3 is 1.63 bits per heavy atom. The Kier molecular flexibility index (Phi) is 3.78. The Hall–Kier alpha value is -4.88. The van der Waals surface area contributed by atoms with Crippen molar-refractivity contribution in [2.45, 2.75) is 5.41 Å². The zero-order chi connectivity index (χ0) is 24.8. The highest BCUT2D eigenvalue weighted by Gasteiger charge is 2.51. The van der Waals surface area contributed by atoms with Crippen LogP contribution in [0.1, 0.15) is 22.3 Å². The van der Waals surface area contributed by atoms with E-state index in [0.29, 0.717) is 0 Å². The smallest absolute Gasteiger partial charge is 0.143 e. The van der Waals surface area contributed by atoms with Crippen LogP contribution in [0.25, 0.3) is 55.3 Å². The molecule has 0 unspecified atom stereocenters. The molecule has 6 aromatic carbocycles. The number of benzene rings is 6. The quantitative estimate of drug-likeness (QED) is 0.227. The summed E-state index contributed by atoms with van der Waals surface area (Å²) in [5, 5.41) is 2.32. The molecule has 2 aliphatic rings. The van der Waals surface area contributed by atoms with Crippen LogP contribution in [0.4, 0.5) is 0 Å². The number of furan rings is 1. The lowest BCUT2D eigenvalue weighted by Crippen LogP contribution is -2.25. The van der Waals surface area contributed by atoms with Crippen molar-refractivity contribution in [3.63, 3.8) is 0 Å². The predicted molar refractivity (Wildman–Crippen MR) is 155 cm³/mol. The van der Waals surface area contributed by atoms with Gasteiger partial charge in [-0.15, -0.1) is 0 Å². The molecule has 0 amide bonds. The topological polar surface area (TPSA) is 13.1 Å². The lowest BCUT2D eigenvalue weighted by atomic mass is 9.70. The molecule has 7 aromatic rings. The third kappa shape index (κ3) is 2.33. The van der Waals surface area contributed by atoms with Gasteiger partial charge < -0.3 is 4.42 Å². The molecular formula is C37H22O. The maximum Gasteiger partial charge on any atom is 0.143 e. The first-order chi connectivity index (χ1) is 18.9. The van der Waals surface area contributed by atoms with E-state index in [1.54, 1.807) is 0 Å². The molecule has 0 saturated heterocycles. The molecule has 1 heterocycles. The standard InChI is InChI=1S/C37H22O/c1-5-16-31-25(10-1)26-11-2-6-17-32(26)37(31)33-18-7-3-12-27(33)30-22-23(20-21-34(30)37)24-14-9-15-29-28-13-4-8-19-35(28)38-36(24)29/h1-22H. The molecule has 1 spiro atoms. The van der Waals surface area contributed by atoms with E-state index in [0.717, 1.165) is 27.5 Å². The lowest BCUT2D eigenvalue weighted by Gasteiger charge is -2.30. The first-order valence-corrected chi connectivity index (χ1v) is 13.2. The maximum absolute atomic E-state index is 6.41. The van der Waals surface area contributed by atoms with Gasteiger partial charge >= 0.3 is 0 Å². The summed E-state index contributed by atoms with van der Waals surface area (Å²) in [4.78, 5) is 0. The van der Waals surface area contributed by atoms with Gasteiger partial charge in [-0.25, -0.2) is 0 Å². The molecule has 1 aromatic heterocycles. The van der Waals surface area contributed by atoms with Crippen LogP contribution in [-0.4, -0.2) is 0 Å². The Labute approximate surface area is 220 Å². The monoisotopic (exact) mass is 482 g/mol. The van der Waals surface area contributed by atoms with E-state index in [-0.39, 0.29) is 5.41 Å². The van der Waals surface area contributed by atoms with E-state index in [1.165, 1.54) is 50.1 Å². The maximum atomic E-state index is 6.41. The molecule has 0 N–H and O–H groups in total. The van der Waals surface area contributed by atoms with Gasteiger partial charge in [0, 0.05) is 16.3 Å². The Balaban J connectivity index is 1.36. The molecule has 38 heavy (non-hydrogen) atoms. The minimum atomic E-state index is -0.303. The molecular weight excluding hydrogens is 460 g/mol. The highest BCUT2D eigenvalue weighted by atomic mass is 16.3. The largest absolute Gasteiger partial charge is 0.455 e. The average molecular weight is 483 g/mol. The number of hydrogen-bond donors (Lipinski definition) is 0. The second-order valence-electron chi connectivity index (χ2n) is 10.4. The van der Waals surface area contributed by atoms with Crippen LogP contribution in [0.5, 0.6) is 0 Å². The van der Waals surface area contributed by atoms with Gasteiger partial charge in [0.15, 0.2) is 0 Å². The Morgan fingerprint density at radius 1 is 0.395 bits per heavy atom. The van der Waals surface area contributed by atoms with Crippen molar-refractivity contribution < 1.29 is 4.42 Å². The van der Waals surface area contributed by atoms with Gasteiger partial charge in [0.05, 0.1) is 5.41 Å². The van der Waals surface area contributed by atoms with Crippen molar-refractivity contribution in [1.82, 2.24) is 0 Å². The fourth-order valence-electron chi connectivity index (χ4n) is 7.24. The van der Waals surface area contributed by atoms with Crippen molar-refractivity contribution in [3.8, 4) is 33.4 Å². The number of hydrogen-bond acceptors (Lipinski definition) is 1. The van der Waals surface area contributed by atoms with Crippen LogP contribution < -0.4 is 0 Å². The summed E-state index contributed by atoms with van der Waals surface area (Å²) in [5.74, 6) is 0. The molecule has 0 radical (unpaired) electrons. The second kappa shape index (κ2) is 7.12. The van der Waals surface area contributed by atoms with Crippen LogP contribution in [0.15, 0.2) is 138 Å². The van der Waals surface area contributed by atoms with Crippen LogP contribution in [0, 0.1) is 0 Å². The molecule has 0 aliphatic heterocycles. The zero-order valence-corrected chi connectivity index (χ0v) is 20.6. The number of para-hydroxylation sites is 2. The van der Waals surface area contributed by atoms with Crippen molar-refractivity contribution >= 4 is 21.9 Å². The summed E-state index contributed by atoms with van der Waals surface area (Å²) in [5.41, 5.74) is 14.7. The summed E-state index contributed by atoms with van der Waals surface area (Å²) in [6.45, 7) is 0. The van der Waals surface area contributed by atoms with E-state index < -0.39 is 0 Å². The SMILES string of the molecule is c1ccc2c(c1)-c1ccccc1C21c2ccccc2-c2cc(-c3cccc4c3oc3ccccc34)ccc21. The molecule has 1 heteroatoms. The third-order valence-electron chi connectivity index (χ3n) is 8.71. The van der Waals surface area contributed by atoms with Crippen molar-refractivity contribution in [2.24, 2.45) is 0 Å². The van der Waals surface area contributed by atoms with E-state index in [9.17, 15) is 0 Å². The highest BCUT2D eigenvalue weighted by molar-refractivity contribution is 6.10. The lowest BCUT2D eigenvalue weighted by molar-refractivity contribution is 0.670. The van der Waals surface area contributed by atoms with Gasteiger partial charge in [-0.2, -0.15) is 0 Å². The van der Waals surface area contributed by atoms with Crippen molar-refractivity contribution in [2.75, 3.05) is 0 Å². The summed E-state index contributed by atoms with van der Waals surface area (Å²) in [6, 6.07) is 48.7. The molecule has 9 rings (SSSR count). The molecule has 176 valence electrons. The minimum absolute atomic E-state index is 0.303. The fraction of sp³-hybridized carbons (Fsp3) is 0.0270. The summed E-state index contributed by atoms with van der Waals surface area (Å²) in [6.07, 6.45) is 0. The van der Waals surface area contributed by atoms with Crippen molar-refractivity contribution in [1.29, 1.82) is 0 Å². The predicted octanol–water partition coefficient (Wildman–Crippen LogP) is 9.60. The van der Waals surface area contributed by atoms with Gasteiger partial charge in [0.1, 0.15) is 11.2 Å². The van der Waals surface area contributed by atoms with E-state index >= 15 is 0 Å². The van der Waals surface area contributed by atoms with Crippen LogP contribution in [0.3, 0.4) is 0 Å². The summed E-state index contributed by atoms with van der Waals surface area (Å²) >= 11 is 0. The molecule has 0 saturated carbocycles. The van der Waals surface area contributed by atoms with Crippen molar-refractivity contribution in [3.05, 3.63) is 156 Å². The average Bonchev–Trinajstić information content (AvgIpc) is 3.61. The molecule has 0 fully saturated rings. The molecule has 0 bridgehead atoms. The van der Waals surface area contributed by atoms with Gasteiger partial charge in [-0.3, -0.25) is 0 Å². The number of fused-ring (bicyclic) bond motifs is 13. The van der Waals surface area contributed by atoms with E-state index in [2.05, 4.69) is 127 Å². The first kappa shape index (κ1) is 20.2. The van der Waals surface area contributed by atoms with Crippen LogP contribution in [0.2, 0.25) is 0 Å². The Bertz CT molecular complexity index is 2050. The second-order valence-corrected chi connectivity index (χ2v) is 10.4. The van der Waals surface area contributed by atoms with E-state index in [1.807, 2.05) is 6.07 Å². The highest BCUT2D eigenvalue weighted by Crippen LogP contribution is 2.62.